The van der Waals surface area contributed by atoms with Crippen LogP contribution in [0.2, 0.25) is 0 Å². The minimum absolute atomic E-state index is 0.163. The molecule has 1 aromatic rings. The van der Waals surface area contributed by atoms with Crippen LogP contribution in [-0.4, -0.2) is 12.6 Å². The highest BCUT2D eigenvalue weighted by Crippen LogP contribution is 2.24. The fraction of sp³-hybridized carbons (Fsp3) is 0.333. The Hall–Kier alpha value is -0.840. The van der Waals surface area contributed by atoms with Gasteiger partial charge in [-0.05, 0) is 24.0 Å². The Morgan fingerprint density at radius 3 is 2.64 bits per heavy atom. The van der Waals surface area contributed by atoms with E-state index >= 15 is 0 Å². The number of hydrogen-bond donors (Lipinski definition) is 0. The van der Waals surface area contributed by atoms with Crippen LogP contribution in [0.3, 0.4) is 0 Å². The van der Waals surface area contributed by atoms with Crippen molar-refractivity contribution in [3.63, 3.8) is 0 Å². The summed E-state index contributed by atoms with van der Waals surface area (Å²) in [5, 5.41) is 0. The lowest BCUT2D eigenvalue weighted by atomic mass is 10.2. The number of alkyl halides is 3. The first-order valence-corrected chi connectivity index (χ1v) is 5.24. The summed E-state index contributed by atoms with van der Waals surface area (Å²) in [6, 6.07) is 5.99. The standard InChI is InChI=1S/C9H9F3OS/c1-14-6-7-3-2-4-8(5-7)13-9(10,11)12/h2-5H,6H2,1H3. The largest absolute Gasteiger partial charge is 0.573 e. The molecule has 0 aliphatic heterocycles. The zero-order chi connectivity index (χ0) is 10.6. The normalized spacial score (nSPS) is 11.4. The van der Waals surface area contributed by atoms with Crippen molar-refractivity contribution >= 4 is 11.8 Å². The van der Waals surface area contributed by atoms with Crippen LogP contribution < -0.4 is 4.74 Å². The van der Waals surface area contributed by atoms with E-state index < -0.39 is 6.36 Å². The van der Waals surface area contributed by atoms with E-state index in [2.05, 4.69) is 4.74 Å². The zero-order valence-corrected chi connectivity index (χ0v) is 8.28. The summed E-state index contributed by atoms with van der Waals surface area (Å²) >= 11 is 1.54. The lowest BCUT2D eigenvalue weighted by Gasteiger charge is -2.09. The summed E-state index contributed by atoms with van der Waals surface area (Å²) in [4.78, 5) is 0. The van der Waals surface area contributed by atoms with Crippen molar-refractivity contribution in [1.82, 2.24) is 0 Å². The van der Waals surface area contributed by atoms with Gasteiger partial charge in [0.2, 0.25) is 0 Å². The van der Waals surface area contributed by atoms with Crippen molar-refractivity contribution < 1.29 is 17.9 Å². The molecule has 0 aliphatic rings. The van der Waals surface area contributed by atoms with E-state index in [-0.39, 0.29) is 5.75 Å². The van der Waals surface area contributed by atoms with Gasteiger partial charge in [-0.15, -0.1) is 13.2 Å². The van der Waals surface area contributed by atoms with Crippen molar-refractivity contribution in [1.29, 1.82) is 0 Å². The molecule has 0 saturated heterocycles. The Kier molecular flexibility index (Phi) is 3.69. The van der Waals surface area contributed by atoms with Crippen molar-refractivity contribution in [2.75, 3.05) is 6.26 Å². The predicted octanol–water partition coefficient (Wildman–Crippen LogP) is 3.45. The third-order valence-corrected chi connectivity index (χ3v) is 2.07. The predicted molar refractivity (Wildman–Crippen MR) is 50.3 cm³/mol. The van der Waals surface area contributed by atoms with E-state index in [1.807, 2.05) is 6.26 Å². The molecule has 0 N–H and O–H groups in total. The second-order valence-corrected chi connectivity index (χ2v) is 3.49. The number of halogens is 3. The molecule has 0 spiro atoms. The summed E-state index contributed by atoms with van der Waals surface area (Å²) in [6.07, 6.45) is -2.73. The van der Waals surface area contributed by atoms with Gasteiger partial charge < -0.3 is 4.74 Å². The highest BCUT2D eigenvalue weighted by atomic mass is 32.2. The first-order chi connectivity index (χ1) is 6.51. The van der Waals surface area contributed by atoms with Gasteiger partial charge in [-0.25, -0.2) is 0 Å². The molecule has 5 heteroatoms. The molecular weight excluding hydrogens is 213 g/mol. The minimum atomic E-state index is -4.61. The minimum Gasteiger partial charge on any atom is -0.406 e. The van der Waals surface area contributed by atoms with Gasteiger partial charge in [-0.3, -0.25) is 0 Å². The average molecular weight is 222 g/mol. The number of thioether (sulfide) groups is 1. The van der Waals surface area contributed by atoms with Crippen molar-refractivity contribution in [2.24, 2.45) is 0 Å². The molecular formula is C9H9F3OS. The summed E-state index contributed by atoms with van der Waals surface area (Å²) < 4.78 is 39.3. The Balaban J connectivity index is 2.73. The Morgan fingerprint density at radius 1 is 1.36 bits per heavy atom. The van der Waals surface area contributed by atoms with Crippen LogP contribution in [0.4, 0.5) is 13.2 Å². The number of rotatable bonds is 3. The molecule has 0 bridgehead atoms. The fourth-order valence-electron chi connectivity index (χ4n) is 0.999. The summed E-state index contributed by atoms with van der Waals surface area (Å²) in [5.74, 6) is 0.513. The van der Waals surface area contributed by atoms with Gasteiger partial charge in [0, 0.05) is 5.75 Å². The fourth-order valence-corrected chi connectivity index (χ4v) is 1.51. The van der Waals surface area contributed by atoms with Crippen molar-refractivity contribution in [3.8, 4) is 5.75 Å². The van der Waals surface area contributed by atoms with Crippen LogP contribution in [0, 0.1) is 0 Å². The molecule has 0 atom stereocenters. The summed E-state index contributed by atoms with van der Waals surface area (Å²) in [7, 11) is 0. The SMILES string of the molecule is CSCc1cccc(OC(F)(F)F)c1. The second kappa shape index (κ2) is 4.59. The van der Waals surface area contributed by atoms with Crippen molar-refractivity contribution in [2.45, 2.75) is 12.1 Å². The van der Waals surface area contributed by atoms with E-state index in [0.717, 1.165) is 5.56 Å². The molecule has 14 heavy (non-hydrogen) atoms. The van der Waals surface area contributed by atoms with Gasteiger partial charge in [-0.2, -0.15) is 11.8 Å². The zero-order valence-electron chi connectivity index (χ0n) is 7.47. The second-order valence-electron chi connectivity index (χ2n) is 2.63. The number of ether oxygens (including phenoxy) is 1. The molecule has 0 saturated carbocycles. The smallest absolute Gasteiger partial charge is 0.406 e. The molecule has 0 fully saturated rings. The number of hydrogen-bond acceptors (Lipinski definition) is 2. The topological polar surface area (TPSA) is 9.23 Å². The first kappa shape index (κ1) is 11.2. The monoisotopic (exact) mass is 222 g/mol. The van der Waals surface area contributed by atoms with E-state index in [0.29, 0.717) is 5.75 Å². The third-order valence-electron chi connectivity index (χ3n) is 1.44. The lowest BCUT2D eigenvalue weighted by Crippen LogP contribution is -2.17. The Morgan fingerprint density at radius 2 is 2.07 bits per heavy atom. The Bertz CT molecular complexity index is 298. The molecule has 0 heterocycles. The highest BCUT2D eigenvalue weighted by molar-refractivity contribution is 7.97. The van der Waals surface area contributed by atoms with Gasteiger partial charge >= 0.3 is 6.36 Å². The van der Waals surface area contributed by atoms with Gasteiger partial charge in [0.15, 0.2) is 0 Å². The molecule has 0 unspecified atom stereocenters. The van der Waals surface area contributed by atoms with Crippen LogP contribution in [0.5, 0.6) is 5.75 Å². The van der Waals surface area contributed by atoms with Crippen LogP contribution in [0.25, 0.3) is 0 Å². The van der Waals surface area contributed by atoms with E-state index in [9.17, 15) is 13.2 Å². The van der Waals surface area contributed by atoms with Crippen LogP contribution in [0.15, 0.2) is 24.3 Å². The van der Waals surface area contributed by atoms with Gasteiger partial charge in [-0.1, -0.05) is 12.1 Å². The van der Waals surface area contributed by atoms with E-state index in [1.165, 1.54) is 12.1 Å². The molecule has 0 radical (unpaired) electrons. The molecule has 1 nitrogen and oxygen atoms in total. The van der Waals surface area contributed by atoms with Gasteiger partial charge in [0.1, 0.15) is 5.75 Å². The summed E-state index contributed by atoms with van der Waals surface area (Å²) in [6.45, 7) is 0. The van der Waals surface area contributed by atoms with E-state index in [4.69, 9.17) is 0 Å². The molecule has 0 amide bonds. The third kappa shape index (κ3) is 3.91. The highest BCUT2D eigenvalue weighted by Gasteiger charge is 2.30. The quantitative estimate of drug-likeness (QED) is 0.774. The maximum Gasteiger partial charge on any atom is 0.573 e. The molecule has 0 aliphatic carbocycles. The molecule has 0 aromatic heterocycles. The Labute approximate surface area is 84.3 Å². The van der Waals surface area contributed by atoms with Gasteiger partial charge in [0.25, 0.3) is 0 Å². The molecule has 78 valence electrons. The lowest BCUT2D eigenvalue weighted by molar-refractivity contribution is -0.274. The molecule has 1 aromatic carbocycles. The summed E-state index contributed by atoms with van der Waals surface area (Å²) in [5.41, 5.74) is 0.819. The van der Waals surface area contributed by atoms with Gasteiger partial charge in [0.05, 0.1) is 0 Å². The van der Waals surface area contributed by atoms with Crippen LogP contribution in [-0.2, 0) is 5.75 Å². The molecule has 1 rings (SSSR count). The first-order valence-electron chi connectivity index (χ1n) is 3.85. The van der Waals surface area contributed by atoms with E-state index in [1.54, 1.807) is 23.9 Å². The maximum atomic E-state index is 11.8. The van der Waals surface area contributed by atoms with Crippen molar-refractivity contribution in [3.05, 3.63) is 29.8 Å². The van der Waals surface area contributed by atoms with Crippen LogP contribution >= 0.6 is 11.8 Å². The van der Waals surface area contributed by atoms with Crippen LogP contribution in [0.1, 0.15) is 5.56 Å². The maximum absolute atomic E-state index is 11.8. The average Bonchev–Trinajstić information content (AvgIpc) is 2.02. The number of benzene rings is 1.